The minimum absolute atomic E-state index is 0.418. The lowest BCUT2D eigenvalue weighted by Gasteiger charge is -2.16. The largest absolute Gasteiger partial charge is 0.477 e. The lowest BCUT2D eigenvalue weighted by atomic mass is 10.1. The Morgan fingerprint density at radius 1 is 0.848 bits per heavy atom. The van der Waals surface area contributed by atoms with Crippen LogP contribution in [0.4, 0.5) is 17.6 Å². The first kappa shape index (κ1) is 20.5. The molecule has 9 heteroatoms. The van der Waals surface area contributed by atoms with Gasteiger partial charge >= 0.3 is 5.97 Å². The Bertz CT molecular complexity index is 1640. The summed E-state index contributed by atoms with van der Waals surface area (Å²) >= 11 is 0. The van der Waals surface area contributed by atoms with E-state index in [9.17, 15) is 23.5 Å². The second kappa shape index (κ2) is 7.33. The standard InChI is InChI=1S/C24H12F4N2O3/c25-14-5-6-19(17(26)7-14)30-11-16(24(32)33)23(31)15-8-18(27)22(20(28)21(15)30)29-9-12-3-1-2-4-13(12)10-29/h1-11H,(H,32,33). The summed E-state index contributed by atoms with van der Waals surface area (Å²) in [4.78, 5) is 24.3. The number of carboxylic acids is 1. The molecule has 0 bridgehead atoms. The van der Waals surface area contributed by atoms with E-state index < -0.39 is 62.5 Å². The van der Waals surface area contributed by atoms with Crippen molar-refractivity contribution in [2.24, 2.45) is 0 Å². The third-order valence-corrected chi connectivity index (χ3v) is 5.37. The molecule has 0 saturated carbocycles. The van der Waals surface area contributed by atoms with Crippen LogP contribution in [0.25, 0.3) is 33.1 Å². The van der Waals surface area contributed by atoms with E-state index in [2.05, 4.69) is 0 Å². The molecule has 33 heavy (non-hydrogen) atoms. The Kier molecular flexibility index (Phi) is 4.56. The summed E-state index contributed by atoms with van der Waals surface area (Å²) in [5, 5.41) is 10.2. The number of hydrogen-bond donors (Lipinski definition) is 1. The number of carbonyl (C=O) groups is 1. The lowest BCUT2D eigenvalue weighted by molar-refractivity contribution is 0.0695. The zero-order chi connectivity index (χ0) is 23.4. The van der Waals surface area contributed by atoms with Crippen LogP contribution in [-0.2, 0) is 0 Å². The van der Waals surface area contributed by atoms with Gasteiger partial charge in [0.15, 0.2) is 11.6 Å². The molecule has 3 aromatic carbocycles. The Morgan fingerprint density at radius 3 is 2.12 bits per heavy atom. The quantitative estimate of drug-likeness (QED) is 0.383. The van der Waals surface area contributed by atoms with Gasteiger partial charge in [0.1, 0.15) is 22.9 Å². The monoisotopic (exact) mass is 452 g/mol. The number of halogens is 4. The lowest BCUT2D eigenvalue weighted by Crippen LogP contribution is -2.20. The summed E-state index contributed by atoms with van der Waals surface area (Å²) < 4.78 is 60.9. The summed E-state index contributed by atoms with van der Waals surface area (Å²) in [7, 11) is 0. The van der Waals surface area contributed by atoms with Crippen molar-refractivity contribution in [1.82, 2.24) is 9.13 Å². The number of nitrogens with zero attached hydrogens (tertiary/aromatic N) is 2. The molecule has 1 N–H and O–H groups in total. The fourth-order valence-electron chi connectivity index (χ4n) is 3.87. The summed E-state index contributed by atoms with van der Waals surface area (Å²) in [5.74, 6) is -6.05. The number of benzene rings is 3. The van der Waals surface area contributed by atoms with Crippen LogP contribution in [0.5, 0.6) is 0 Å². The second-order valence-electron chi connectivity index (χ2n) is 7.35. The molecule has 5 nitrogen and oxygen atoms in total. The van der Waals surface area contributed by atoms with Gasteiger partial charge in [-0.05, 0) is 29.0 Å². The molecule has 0 radical (unpaired) electrons. The van der Waals surface area contributed by atoms with E-state index in [0.717, 1.165) is 22.9 Å². The number of aromatic carboxylic acids is 1. The van der Waals surface area contributed by atoms with Gasteiger partial charge in [0, 0.05) is 24.7 Å². The van der Waals surface area contributed by atoms with Crippen LogP contribution < -0.4 is 5.43 Å². The van der Waals surface area contributed by atoms with Gasteiger partial charge in [-0.15, -0.1) is 0 Å². The Balaban J connectivity index is 1.93. The van der Waals surface area contributed by atoms with E-state index in [0.29, 0.717) is 22.9 Å². The van der Waals surface area contributed by atoms with Gasteiger partial charge in [-0.25, -0.2) is 22.4 Å². The molecule has 0 saturated heterocycles. The summed E-state index contributed by atoms with van der Waals surface area (Å²) in [6.07, 6.45) is 3.70. The molecule has 0 spiro atoms. The van der Waals surface area contributed by atoms with E-state index in [1.165, 1.54) is 17.0 Å². The van der Waals surface area contributed by atoms with Crippen LogP contribution in [0.2, 0.25) is 0 Å². The zero-order valence-corrected chi connectivity index (χ0v) is 16.5. The third kappa shape index (κ3) is 3.16. The fraction of sp³-hybridized carbons (Fsp3) is 0. The minimum Gasteiger partial charge on any atom is -0.477 e. The second-order valence-corrected chi connectivity index (χ2v) is 7.35. The number of fused-ring (bicyclic) bond motifs is 2. The minimum atomic E-state index is -1.67. The highest BCUT2D eigenvalue weighted by molar-refractivity contribution is 5.94. The van der Waals surface area contributed by atoms with Crippen molar-refractivity contribution in [2.45, 2.75) is 0 Å². The maximum Gasteiger partial charge on any atom is 0.341 e. The molecule has 0 aliphatic heterocycles. The first-order valence-corrected chi connectivity index (χ1v) is 9.59. The predicted octanol–water partition coefficient (Wildman–Crippen LogP) is 5.19. The van der Waals surface area contributed by atoms with Crippen molar-refractivity contribution in [1.29, 1.82) is 0 Å². The SMILES string of the molecule is O=C(O)c1cn(-c2ccc(F)cc2F)c2c(F)c(-n3cc4ccccc4c3)c(F)cc2c1=O. The molecule has 0 atom stereocenters. The van der Waals surface area contributed by atoms with Gasteiger partial charge in [-0.2, -0.15) is 0 Å². The molecular formula is C24H12F4N2O3. The summed E-state index contributed by atoms with van der Waals surface area (Å²) in [6, 6.07) is 10.1. The highest BCUT2D eigenvalue weighted by Gasteiger charge is 2.24. The Morgan fingerprint density at radius 2 is 1.52 bits per heavy atom. The van der Waals surface area contributed by atoms with Crippen LogP contribution in [0.3, 0.4) is 0 Å². The molecule has 0 fully saturated rings. The van der Waals surface area contributed by atoms with Crippen LogP contribution in [0, 0.1) is 23.3 Å². The number of hydrogen-bond acceptors (Lipinski definition) is 2. The van der Waals surface area contributed by atoms with Crippen molar-refractivity contribution in [3.63, 3.8) is 0 Å². The molecule has 164 valence electrons. The molecule has 0 amide bonds. The van der Waals surface area contributed by atoms with Gasteiger partial charge in [-0.1, -0.05) is 24.3 Å². The van der Waals surface area contributed by atoms with Crippen molar-refractivity contribution in [3.05, 3.63) is 106 Å². The maximum absolute atomic E-state index is 15.8. The van der Waals surface area contributed by atoms with E-state index in [1.54, 1.807) is 24.3 Å². The van der Waals surface area contributed by atoms with E-state index >= 15 is 8.78 Å². The number of aromatic nitrogens is 2. The molecular weight excluding hydrogens is 440 g/mol. The fourth-order valence-corrected chi connectivity index (χ4v) is 3.87. The molecule has 2 aromatic heterocycles. The van der Waals surface area contributed by atoms with E-state index in [1.807, 2.05) is 0 Å². The van der Waals surface area contributed by atoms with Gasteiger partial charge < -0.3 is 14.2 Å². The number of carboxylic acid groups (broad SMARTS) is 1. The first-order valence-electron chi connectivity index (χ1n) is 9.59. The summed E-state index contributed by atoms with van der Waals surface area (Å²) in [5.41, 5.74) is -3.48. The first-order chi connectivity index (χ1) is 15.8. The van der Waals surface area contributed by atoms with Gasteiger partial charge in [-0.3, -0.25) is 4.79 Å². The van der Waals surface area contributed by atoms with E-state index in [-0.39, 0.29) is 0 Å². The Labute approximate surface area is 182 Å². The van der Waals surface area contributed by atoms with Crippen LogP contribution in [0.1, 0.15) is 10.4 Å². The van der Waals surface area contributed by atoms with Gasteiger partial charge in [0.05, 0.1) is 16.6 Å². The highest BCUT2D eigenvalue weighted by atomic mass is 19.1. The molecule has 0 aliphatic carbocycles. The summed E-state index contributed by atoms with van der Waals surface area (Å²) in [6.45, 7) is 0. The number of rotatable bonds is 3. The van der Waals surface area contributed by atoms with Crippen molar-refractivity contribution < 1.29 is 27.5 Å². The van der Waals surface area contributed by atoms with Crippen molar-refractivity contribution in [2.75, 3.05) is 0 Å². The van der Waals surface area contributed by atoms with Crippen molar-refractivity contribution in [3.8, 4) is 11.4 Å². The van der Waals surface area contributed by atoms with E-state index in [4.69, 9.17) is 0 Å². The van der Waals surface area contributed by atoms with Crippen molar-refractivity contribution >= 4 is 27.6 Å². The third-order valence-electron chi connectivity index (χ3n) is 5.37. The molecule has 5 rings (SSSR count). The molecule has 5 aromatic rings. The zero-order valence-electron chi connectivity index (χ0n) is 16.5. The van der Waals surface area contributed by atoms with Crippen LogP contribution in [0.15, 0.2) is 71.9 Å². The normalized spacial score (nSPS) is 11.4. The van der Waals surface area contributed by atoms with Crippen LogP contribution >= 0.6 is 0 Å². The van der Waals surface area contributed by atoms with Gasteiger partial charge in [0.25, 0.3) is 0 Å². The molecule has 2 heterocycles. The predicted molar refractivity (Wildman–Crippen MR) is 113 cm³/mol. The number of pyridine rings is 1. The molecule has 0 unspecified atom stereocenters. The molecule has 0 aliphatic rings. The average molecular weight is 452 g/mol. The topological polar surface area (TPSA) is 64.2 Å². The highest BCUT2D eigenvalue weighted by Crippen LogP contribution is 2.30. The Hall–Kier alpha value is -4.40. The van der Waals surface area contributed by atoms with Gasteiger partial charge in [0.2, 0.25) is 5.43 Å². The average Bonchev–Trinajstić information content (AvgIpc) is 3.18. The maximum atomic E-state index is 15.8. The van der Waals surface area contributed by atoms with Crippen LogP contribution in [-0.4, -0.2) is 20.2 Å². The smallest absolute Gasteiger partial charge is 0.341 e.